The molecule has 0 radical (unpaired) electrons. The number of hydrogen-bond donors (Lipinski definition) is 0. The maximum absolute atomic E-state index is 2.44. The van der Waals surface area contributed by atoms with E-state index < -0.39 is 0 Å². The smallest absolute Gasteiger partial charge is 0.0360 e. The molecule has 0 aliphatic heterocycles. The van der Waals surface area contributed by atoms with Crippen LogP contribution in [0, 0.1) is 17.8 Å². The van der Waals surface area contributed by atoms with Gasteiger partial charge in [-0.1, -0.05) is 52.9 Å². The molecule has 0 aromatic carbocycles. The molecule has 0 spiro atoms. The molecule has 72 valence electrons. The summed E-state index contributed by atoms with van der Waals surface area (Å²) in [4.78, 5) is 0. The van der Waals surface area contributed by atoms with E-state index in [0.29, 0.717) is 0 Å². The van der Waals surface area contributed by atoms with Gasteiger partial charge in [-0.2, -0.15) is 0 Å². The Balaban J connectivity index is 1.92. The molecule has 1 aliphatic rings. The summed E-state index contributed by atoms with van der Waals surface area (Å²) in [6.07, 6.45) is 8.73. The Kier molecular flexibility index (Phi) is 4.11. The Morgan fingerprint density at radius 3 is 2.42 bits per heavy atom. The summed E-state index contributed by atoms with van der Waals surface area (Å²) < 4.78 is 0. The molecule has 1 aliphatic carbocycles. The Labute approximate surface area is 77.7 Å². The van der Waals surface area contributed by atoms with Crippen LogP contribution < -0.4 is 0 Å². The lowest BCUT2D eigenvalue weighted by molar-refractivity contribution is 0.424. The highest BCUT2D eigenvalue weighted by molar-refractivity contribution is 4.86. The third-order valence-corrected chi connectivity index (χ3v) is 3.42. The van der Waals surface area contributed by atoms with Gasteiger partial charge in [-0.15, -0.1) is 0 Å². The molecule has 1 fully saturated rings. The first-order chi connectivity index (χ1) is 5.75. The molecule has 0 bridgehead atoms. The van der Waals surface area contributed by atoms with Crippen LogP contribution in [0.25, 0.3) is 0 Å². The van der Waals surface area contributed by atoms with Gasteiger partial charge in [-0.05, 0) is 24.2 Å². The van der Waals surface area contributed by atoms with Crippen molar-refractivity contribution in [1.29, 1.82) is 0 Å². The van der Waals surface area contributed by atoms with E-state index in [9.17, 15) is 0 Å². The maximum atomic E-state index is 2.44. The summed E-state index contributed by atoms with van der Waals surface area (Å²) in [5.74, 6) is 3.15. The minimum atomic E-state index is 1.01. The summed E-state index contributed by atoms with van der Waals surface area (Å²) in [6.45, 7) is 7.12. The van der Waals surface area contributed by atoms with Crippen molar-refractivity contribution >= 4 is 0 Å². The topological polar surface area (TPSA) is 0 Å². The molecular weight excluding hydrogens is 144 g/mol. The Morgan fingerprint density at radius 1 is 1.25 bits per heavy atom. The summed E-state index contributed by atoms with van der Waals surface area (Å²) >= 11 is 0. The van der Waals surface area contributed by atoms with Gasteiger partial charge < -0.3 is 0 Å². The third kappa shape index (κ3) is 3.16. The van der Waals surface area contributed by atoms with Gasteiger partial charge in [0.1, 0.15) is 0 Å². The van der Waals surface area contributed by atoms with Gasteiger partial charge in [-0.25, -0.2) is 0 Å². The highest BCUT2D eigenvalue weighted by atomic mass is 14.4. The van der Waals surface area contributed by atoms with E-state index in [2.05, 4.69) is 20.8 Å². The molecule has 12 heavy (non-hydrogen) atoms. The average Bonchev–Trinajstić information content (AvgIpc) is 2.76. The van der Waals surface area contributed by atoms with Crippen molar-refractivity contribution < 1.29 is 0 Å². The number of hydrogen-bond acceptors (Lipinski definition) is 0. The number of rotatable bonds is 6. The number of unbranched alkanes of at least 4 members (excludes halogenated alkanes) is 3. The first-order valence-corrected chi connectivity index (χ1v) is 5.75. The van der Waals surface area contributed by atoms with Crippen LogP contribution >= 0.6 is 0 Å². The second kappa shape index (κ2) is 4.89. The van der Waals surface area contributed by atoms with E-state index in [1.807, 2.05) is 0 Å². The molecule has 1 rings (SSSR count). The molecular formula is C12H24. The normalized spacial score (nSPS) is 30.2. The van der Waals surface area contributed by atoms with Gasteiger partial charge in [0, 0.05) is 0 Å². The van der Waals surface area contributed by atoms with E-state index in [0.717, 1.165) is 17.8 Å². The fourth-order valence-electron chi connectivity index (χ4n) is 2.25. The van der Waals surface area contributed by atoms with Crippen molar-refractivity contribution in [2.75, 3.05) is 0 Å². The summed E-state index contributed by atoms with van der Waals surface area (Å²) in [7, 11) is 0. The van der Waals surface area contributed by atoms with E-state index >= 15 is 0 Å². The van der Waals surface area contributed by atoms with Crippen LogP contribution in [-0.2, 0) is 0 Å². The van der Waals surface area contributed by atoms with Crippen LogP contribution in [-0.4, -0.2) is 0 Å². The van der Waals surface area contributed by atoms with E-state index in [1.54, 1.807) is 0 Å². The predicted molar refractivity (Wildman–Crippen MR) is 55.2 cm³/mol. The van der Waals surface area contributed by atoms with Crippen molar-refractivity contribution in [1.82, 2.24) is 0 Å². The van der Waals surface area contributed by atoms with Crippen molar-refractivity contribution in [2.45, 2.75) is 59.3 Å². The standard InChI is InChI=1S/C12H24/c1-4-5-6-7-8-10(2)12-9-11(12)3/h10-12H,4-9H2,1-3H3. The second-order valence-electron chi connectivity index (χ2n) is 4.70. The zero-order valence-electron chi connectivity index (χ0n) is 8.97. The van der Waals surface area contributed by atoms with Gasteiger partial charge >= 0.3 is 0 Å². The van der Waals surface area contributed by atoms with E-state index in [4.69, 9.17) is 0 Å². The second-order valence-corrected chi connectivity index (χ2v) is 4.70. The first kappa shape index (κ1) is 10.1. The summed E-state index contributed by atoms with van der Waals surface area (Å²) in [5.41, 5.74) is 0. The van der Waals surface area contributed by atoms with Gasteiger partial charge in [0.05, 0.1) is 0 Å². The molecule has 0 N–H and O–H groups in total. The summed E-state index contributed by atoms with van der Waals surface area (Å²) in [5, 5.41) is 0. The van der Waals surface area contributed by atoms with E-state index in [1.165, 1.54) is 38.5 Å². The molecule has 0 aromatic rings. The van der Waals surface area contributed by atoms with Gasteiger partial charge in [0.2, 0.25) is 0 Å². The molecule has 1 saturated carbocycles. The van der Waals surface area contributed by atoms with Crippen LogP contribution in [0.4, 0.5) is 0 Å². The first-order valence-electron chi connectivity index (χ1n) is 5.75. The fourth-order valence-corrected chi connectivity index (χ4v) is 2.25. The minimum absolute atomic E-state index is 1.01. The van der Waals surface area contributed by atoms with Crippen molar-refractivity contribution in [2.24, 2.45) is 17.8 Å². The highest BCUT2D eigenvalue weighted by Gasteiger charge is 2.36. The van der Waals surface area contributed by atoms with Crippen LogP contribution in [0.5, 0.6) is 0 Å². The van der Waals surface area contributed by atoms with Crippen LogP contribution in [0.2, 0.25) is 0 Å². The zero-order chi connectivity index (χ0) is 8.97. The third-order valence-electron chi connectivity index (χ3n) is 3.42. The monoisotopic (exact) mass is 168 g/mol. The predicted octanol–water partition coefficient (Wildman–Crippen LogP) is 4.25. The van der Waals surface area contributed by atoms with Crippen LogP contribution in [0.1, 0.15) is 59.3 Å². The Bertz CT molecular complexity index is 117. The molecule has 0 saturated heterocycles. The minimum Gasteiger partial charge on any atom is -0.0654 e. The molecule has 0 heteroatoms. The lowest BCUT2D eigenvalue weighted by atomic mass is 9.97. The fraction of sp³-hybridized carbons (Fsp3) is 1.00. The Hall–Kier alpha value is 0. The zero-order valence-corrected chi connectivity index (χ0v) is 8.97. The van der Waals surface area contributed by atoms with Gasteiger partial charge in [0.15, 0.2) is 0 Å². The van der Waals surface area contributed by atoms with Gasteiger partial charge in [-0.3, -0.25) is 0 Å². The molecule has 3 atom stereocenters. The SMILES string of the molecule is CCCCCCC(C)C1CC1C. The van der Waals surface area contributed by atoms with Crippen molar-refractivity contribution in [3.63, 3.8) is 0 Å². The Morgan fingerprint density at radius 2 is 1.92 bits per heavy atom. The van der Waals surface area contributed by atoms with Crippen LogP contribution in [0.3, 0.4) is 0 Å². The molecule has 3 unspecified atom stereocenters. The maximum Gasteiger partial charge on any atom is -0.0360 e. The lowest BCUT2D eigenvalue weighted by Crippen LogP contribution is -1.98. The van der Waals surface area contributed by atoms with Crippen molar-refractivity contribution in [3.8, 4) is 0 Å². The van der Waals surface area contributed by atoms with Gasteiger partial charge in [0.25, 0.3) is 0 Å². The molecule has 0 amide bonds. The lowest BCUT2D eigenvalue weighted by Gasteiger charge is -2.09. The van der Waals surface area contributed by atoms with Crippen LogP contribution in [0.15, 0.2) is 0 Å². The average molecular weight is 168 g/mol. The summed E-state index contributed by atoms with van der Waals surface area (Å²) in [6, 6.07) is 0. The van der Waals surface area contributed by atoms with Crippen molar-refractivity contribution in [3.05, 3.63) is 0 Å². The largest absolute Gasteiger partial charge is 0.0654 e. The van der Waals surface area contributed by atoms with E-state index in [-0.39, 0.29) is 0 Å². The molecule has 0 aromatic heterocycles. The molecule has 0 heterocycles. The quantitative estimate of drug-likeness (QED) is 0.520. The molecule has 0 nitrogen and oxygen atoms in total. The highest BCUT2D eigenvalue weighted by Crippen LogP contribution is 2.45.